The van der Waals surface area contributed by atoms with Crippen molar-refractivity contribution in [3.63, 3.8) is 0 Å². The number of methoxy groups -OCH3 is 1. The first-order valence-corrected chi connectivity index (χ1v) is 14.1. The smallest absolute Gasteiger partial charge is 0.275 e. The summed E-state index contributed by atoms with van der Waals surface area (Å²) in [6.45, 7) is 0. The fraction of sp³-hybridized carbons (Fsp3) is 0.281. The zero-order valence-corrected chi connectivity index (χ0v) is 22.4. The van der Waals surface area contributed by atoms with E-state index >= 15 is 0 Å². The summed E-state index contributed by atoms with van der Waals surface area (Å²) in [4.78, 5) is 30.7. The van der Waals surface area contributed by atoms with E-state index in [2.05, 4.69) is 17.4 Å². The molecule has 1 aliphatic carbocycles. The standard InChI is InChI=1S/C32H32N2O3S/c1-37-26-17-18-27(23-10-6-3-7-11-23)28(20-26)33-31(36)29-21-38-32(34-29)25-15-13-24(14-16-25)30(35)19-12-22-8-4-2-5-9-22/h2-11,17-18,20-21,24-25H,12-16,19H2,1H3,(H,33,36). The summed E-state index contributed by atoms with van der Waals surface area (Å²) < 4.78 is 5.39. The number of Topliss-reactive ketones (excluding diaryl/α,β-unsaturated/α-hetero) is 1. The minimum Gasteiger partial charge on any atom is -0.497 e. The zero-order chi connectivity index (χ0) is 26.3. The molecule has 0 aliphatic heterocycles. The lowest BCUT2D eigenvalue weighted by molar-refractivity contribution is -0.123. The highest BCUT2D eigenvalue weighted by molar-refractivity contribution is 7.10. The van der Waals surface area contributed by atoms with Gasteiger partial charge >= 0.3 is 0 Å². The quantitative estimate of drug-likeness (QED) is 0.245. The minimum atomic E-state index is -0.234. The Morgan fingerprint density at radius 2 is 1.66 bits per heavy atom. The number of carbonyl (C=O) groups is 2. The van der Waals surface area contributed by atoms with Crippen molar-refractivity contribution in [2.45, 2.75) is 44.4 Å². The summed E-state index contributed by atoms with van der Waals surface area (Å²) >= 11 is 1.54. The Hall–Kier alpha value is -3.77. The number of hydrogen-bond acceptors (Lipinski definition) is 5. The molecule has 5 rings (SSSR count). The van der Waals surface area contributed by atoms with Crippen LogP contribution in [0, 0.1) is 5.92 Å². The molecule has 0 atom stereocenters. The molecule has 4 aromatic rings. The maximum absolute atomic E-state index is 13.2. The fourth-order valence-corrected chi connectivity index (χ4v) is 6.14. The number of aromatic nitrogens is 1. The summed E-state index contributed by atoms with van der Waals surface area (Å²) in [6, 6.07) is 25.8. The van der Waals surface area contributed by atoms with Gasteiger partial charge in [-0.25, -0.2) is 4.98 Å². The number of rotatable bonds is 9. The van der Waals surface area contributed by atoms with Crippen molar-refractivity contribution < 1.29 is 14.3 Å². The minimum absolute atomic E-state index is 0.141. The third-order valence-electron chi connectivity index (χ3n) is 7.35. The number of hydrogen-bond donors (Lipinski definition) is 1. The molecule has 0 unspecified atom stereocenters. The maximum atomic E-state index is 13.2. The highest BCUT2D eigenvalue weighted by Gasteiger charge is 2.28. The summed E-state index contributed by atoms with van der Waals surface area (Å²) in [7, 11) is 1.61. The van der Waals surface area contributed by atoms with E-state index in [1.165, 1.54) is 16.9 Å². The second kappa shape index (κ2) is 12.2. The van der Waals surface area contributed by atoms with E-state index in [1.807, 2.05) is 72.1 Å². The lowest BCUT2D eigenvalue weighted by Crippen LogP contribution is -2.21. The SMILES string of the molecule is COc1ccc(-c2ccccc2)c(NC(=O)c2csc(C3CCC(C(=O)CCc4ccccc4)CC3)n2)c1. The monoisotopic (exact) mass is 524 g/mol. The molecule has 0 spiro atoms. The molecule has 0 bridgehead atoms. The Kier molecular flexibility index (Phi) is 8.29. The maximum Gasteiger partial charge on any atom is 0.275 e. The van der Waals surface area contributed by atoms with E-state index in [1.54, 1.807) is 7.11 Å². The molecule has 5 nitrogen and oxygen atoms in total. The molecule has 0 radical (unpaired) electrons. The molecule has 1 aromatic heterocycles. The molecule has 1 fully saturated rings. The average molecular weight is 525 g/mol. The lowest BCUT2D eigenvalue weighted by Gasteiger charge is -2.26. The normalized spacial score (nSPS) is 17.1. The fourth-order valence-electron chi connectivity index (χ4n) is 5.17. The molecule has 1 N–H and O–H groups in total. The first-order valence-electron chi connectivity index (χ1n) is 13.2. The number of ketones is 1. The number of amides is 1. The number of nitrogens with zero attached hydrogens (tertiary/aromatic N) is 1. The number of anilines is 1. The molecule has 1 saturated carbocycles. The van der Waals surface area contributed by atoms with Gasteiger partial charge in [0, 0.05) is 35.3 Å². The van der Waals surface area contributed by atoms with Crippen LogP contribution in [0.4, 0.5) is 5.69 Å². The molecular weight excluding hydrogens is 492 g/mol. The Labute approximate surface area is 227 Å². The van der Waals surface area contributed by atoms with Crippen LogP contribution in [0.25, 0.3) is 11.1 Å². The van der Waals surface area contributed by atoms with Gasteiger partial charge in [0.1, 0.15) is 17.2 Å². The van der Waals surface area contributed by atoms with E-state index in [0.29, 0.717) is 35.3 Å². The number of benzene rings is 3. The lowest BCUT2D eigenvalue weighted by atomic mass is 9.79. The highest BCUT2D eigenvalue weighted by Crippen LogP contribution is 2.38. The zero-order valence-electron chi connectivity index (χ0n) is 21.6. The molecule has 6 heteroatoms. The number of nitrogens with one attached hydrogen (secondary N) is 1. The van der Waals surface area contributed by atoms with E-state index < -0.39 is 0 Å². The molecule has 1 amide bonds. The van der Waals surface area contributed by atoms with Crippen LogP contribution < -0.4 is 10.1 Å². The van der Waals surface area contributed by atoms with E-state index in [4.69, 9.17) is 9.72 Å². The van der Waals surface area contributed by atoms with Crippen LogP contribution in [0.5, 0.6) is 5.75 Å². The largest absolute Gasteiger partial charge is 0.497 e. The highest BCUT2D eigenvalue weighted by atomic mass is 32.1. The van der Waals surface area contributed by atoms with Crippen LogP contribution in [0.1, 0.15) is 59.1 Å². The average Bonchev–Trinajstić information content (AvgIpc) is 3.48. The van der Waals surface area contributed by atoms with Gasteiger partial charge in [0.2, 0.25) is 0 Å². The van der Waals surface area contributed by atoms with Crippen molar-refractivity contribution in [2.24, 2.45) is 5.92 Å². The van der Waals surface area contributed by atoms with E-state index in [9.17, 15) is 9.59 Å². The van der Waals surface area contributed by atoms with Crippen molar-refractivity contribution in [2.75, 3.05) is 12.4 Å². The van der Waals surface area contributed by atoms with Crippen LogP contribution in [0.15, 0.2) is 84.2 Å². The van der Waals surface area contributed by atoms with E-state index in [-0.39, 0.29) is 11.8 Å². The molecule has 1 aliphatic rings. The Morgan fingerprint density at radius 1 is 0.947 bits per heavy atom. The van der Waals surface area contributed by atoms with Gasteiger partial charge in [0.25, 0.3) is 5.91 Å². The van der Waals surface area contributed by atoms with Crippen molar-refractivity contribution >= 4 is 28.7 Å². The van der Waals surface area contributed by atoms with Crippen molar-refractivity contribution in [1.29, 1.82) is 0 Å². The van der Waals surface area contributed by atoms with Crippen LogP contribution in [-0.4, -0.2) is 23.8 Å². The topological polar surface area (TPSA) is 68.3 Å². The number of aryl methyl sites for hydroxylation is 1. The summed E-state index contributed by atoms with van der Waals surface area (Å²) in [5, 5.41) is 5.87. The third kappa shape index (κ3) is 6.20. The second-order valence-corrected chi connectivity index (χ2v) is 10.7. The summed E-state index contributed by atoms with van der Waals surface area (Å²) in [5.74, 6) is 1.26. The van der Waals surface area contributed by atoms with Crippen LogP contribution >= 0.6 is 11.3 Å². The molecule has 1 heterocycles. The molecule has 0 saturated heterocycles. The number of ether oxygens (including phenoxy) is 1. The second-order valence-electron chi connectivity index (χ2n) is 9.80. The van der Waals surface area contributed by atoms with Gasteiger partial charge in [-0.05, 0) is 55.4 Å². The molecule has 3 aromatic carbocycles. The van der Waals surface area contributed by atoms with Crippen molar-refractivity contribution in [3.8, 4) is 16.9 Å². The van der Waals surface area contributed by atoms with Crippen LogP contribution in [-0.2, 0) is 11.2 Å². The van der Waals surface area contributed by atoms with Gasteiger partial charge in [-0.2, -0.15) is 0 Å². The van der Waals surface area contributed by atoms with Crippen molar-refractivity contribution in [3.05, 3.63) is 101 Å². The van der Waals surface area contributed by atoms with Gasteiger partial charge < -0.3 is 10.1 Å². The van der Waals surface area contributed by atoms with Gasteiger partial charge in [-0.1, -0.05) is 60.7 Å². The molecule has 38 heavy (non-hydrogen) atoms. The Bertz CT molecular complexity index is 1380. The van der Waals surface area contributed by atoms with Crippen LogP contribution in [0.3, 0.4) is 0 Å². The predicted octanol–water partition coefficient (Wildman–Crippen LogP) is 7.55. The summed E-state index contributed by atoms with van der Waals surface area (Å²) in [5.41, 5.74) is 4.26. The van der Waals surface area contributed by atoms with E-state index in [0.717, 1.165) is 48.2 Å². The van der Waals surface area contributed by atoms with Crippen molar-refractivity contribution in [1.82, 2.24) is 4.98 Å². The van der Waals surface area contributed by atoms with Gasteiger partial charge in [0.15, 0.2) is 0 Å². The Balaban J connectivity index is 1.19. The first kappa shape index (κ1) is 25.9. The number of thiazole rings is 1. The summed E-state index contributed by atoms with van der Waals surface area (Å²) in [6.07, 6.45) is 5.07. The molecule has 194 valence electrons. The van der Waals surface area contributed by atoms with Gasteiger partial charge in [0.05, 0.1) is 17.8 Å². The molecular formula is C32H32N2O3S. The van der Waals surface area contributed by atoms with Gasteiger partial charge in [-0.3, -0.25) is 9.59 Å². The van der Waals surface area contributed by atoms with Gasteiger partial charge in [-0.15, -0.1) is 11.3 Å². The predicted molar refractivity (Wildman–Crippen MR) is 153 cm³/mol. The third-order valence-corrected chi connectivity index (χ3v) is 8.36. The first-order chi connectivity index (χ1) is 18.6. The Morgan fingerprint density at radius 3 is 2.37 bits per heavy atom. The van der Waals surface area contributed by atoms with Crippen LogP contribution in [0.2, 0.25) is 0 Å². The number of carbonyl (C=O) groups excluding carboxylic acids is 2.